The molecule has 1 aliphatic carbocycles. The standard InChI is InChI=1S/C14H22N2O/c1-16(11-14(15)8-9-14)10-7-12-3-5-13(17-2)6-4-12/h3-6H,7-11,15H2,1-2H3. The summed E-state index contributed by atoms with van der Waals surface area (Å²) in [7, 11) is 3.84. The van der Waals surface area contributed by atoms with Gasteiger partial charge in [-0.25, -0.2) is 0 Å². The summed E-state index contributed by atoms with van der Waals surface area (Å²) >= 11 is 0. The lowest BCUT2D eigenvalue weighted by atomic mass is 10.1. The molecule has 2 N–H and O–H groups in total. The van der Waals surface area contributed by atoms with E-state index in [1.165, 1.54) is 18.4 Å². The van der Waals surface area contributed by atoms with Gasteiger partial charge in [-0.2, -0.15) is 0 Å². The second-order valence-electron chi connectivity index (χ2n) is 5.20. The number of nitrogens with zero attached hydrogens (tertiary/aromatic N) is 1. The van der Waals surface area contributed by atoms with Crippen LogP contribution in [0.15, 0.2) is 24.3 Å². The number of benzene rings is 1. The van der Waals surface area contributed by atoms with Crippen molar-refractivity contribution in [2.24, 2.45) is 5.73 Å². The fraction of sp³-hybridized carbons (Fsp3) is 0.571. The first-order valence-corrected chi connectivity index (χ1v) is 6.22. The zero-order valence-electron chi connectivity index (χ0n) is 10.8. The Hall–Kier alpha value is -1.06. The minimum absolute atomic E-state index is 0.120. The SMILES string of the molecule is COc1ccc(CCN(C)CC2(N)CC2)cc1. The highest BCUT2D eigenvalue weighted by atomic mass is 16.5. The minimum Gasteiger partial charge on any atom is -0.497 e. The van der Waals surface area contributed by atoms with Gasteiger partial charge in [-0.3, -0.25) is 0 Å². The highest BCUT2D eigenvalue weighted by molar-refractivity contribution is 5.27. The summed E-state index contributed by atoms with van der Waals surface area (Å²) in [5, 5.41) is 0. The lowest BCUT2D eigenvalue weighted by Crippen LogP contribution is -2.38. The predicted octanol–water partition coefficient (Wildman–Crippen LogP) is 1.66. The van der Waals surface area contributed by atoms with Crippen LogP contribution in [-0.2, 0) is 6.42 Å². The summed E-state index contributed by atoms with van der Waals surface area (Å²) < 4.78 is 5.14. The molecule has 0 bridgehead atoms. The maximum Gasteiger partial charge on any atom is 0.118 e. The Morgan fingerprint density at radius 3 is 2.47 bits per heavy atom. The van der Waals surface area contributed by atoms with Crippen LogP contribution in [0.5, 0.6) is 5.75 Å². The molecule has 0 unspecified atom stereocenters. The van der Waals surface area contributed by atoms with Crippen LogP contribution in [0.25, 0.3) is 0 Å². The minimum atomic E-state index is 0.120. The van der Waals surface area contributed by atoms with E-state index >= 15 is 0 Å². The molecular formula is C14H22N2O. The maximum absolute atomic E-state index is 6.10. The van der Waals surface area contributed by atoms with E-state index in [0.717, 1.165) is 25.3 Å². The molecule has 0 aliphatic heterocycles. The zero-order valence-corrected chi connectivity index (χ0v) is 10.8. The first-order valence-electron chi connectivity index (χ1n) is 6.22. The van der Waals surface area contributed by atoms with Crippen LogP contribution in [0.2, 0.25) is 0 Å². The Morgan fingerprint density at radius 1 is 1.29 bits per heavy atom. The number of hydrogen-bond donors (Lipinski definition) is 1. The van der Waals surface area contributed by atoms with Gasteiger partial charge in [-0.1, -0.05) is 12.1 Å². The number of nitrogens with two attached hydrogens (primary N) is 1. The third-order valence-electron chi connectivity index (χ3n) is 3.42. The van der Waals surface area contributed by atoms with Crippen LogP contribution in [0.4, 0.5) is 0 Å². The normalized spacial score (nSPS) is 17.2. The molecule has 0 aromatic heterocycles. The second kappa shape index (κ2) is 5.07. The molecule has 1 saturated carbocycles. The van der Waals surface area contributed by atoms with E-state index in [0.29, 0.717) is 0 Å². The number of methoxy groups -OCH3 is 1. The van der Waals surface area contributed by atoms with E-state index in [2.05, 4.69) is 24.1 Å². The molecule has 0 heterocycles. The van der Waals surface area contributed by atoms with Crippen molar-refractivity contribution < 1.29 is 4.74 Å². The third-order valence-corrected chi connectivity index (χ3v) is 3.42. The van der Waals surface area contributed by atoms with Gasteiger partial charge in [0.2, 0.25) is 0 Å². The average molecular weight is 234 g/mol. The Kier molecular flexibility index (Phi) is 3.69. The largest absolute Gasteiger partial charge is 0.497 e. The van der Waals surface area contributed by atoms with Gasteiger partial charge in [0, 0.05) is 18.6 Å². The summed E-state index contributed by atoms with van der Waals surface area (Å²) in [5.41, 5.74) is 7.56. The van der Waals surface area contributed by atoms with Crippen molar-refractivity contribution in [2.75, 3.05) is 27.2 Å². The van der Waals surface area contributed by atoms with E-state index in [4.69, 9.17) is 10.5 Å². The summed E-state index contributed by atoms with van der Waals surface area (Å²) in [6.45, 7) is 2.08. The molecule has 3 nitrogen and oxygen atoms in total. The Morgan fingerprint density at radius 2 is 1.94 bits per heavy atom. The molecule has 1 aromatic carbocycles. The van der Waals surface area contributed by atoms with E-state index in [1.807, 2.05) is 12.1 Å². The Labute approximate surface area is 104 Å². The molecule has 17 heavy (non-hydrogen) atoms. The van der Waals surface area contributed by atoms with Gasteiger partial charge in [-0.15, -0.1) is 0 Å². The lowest BCUT2D eigenvalue weighted by molar-refractivity contribution is 0.306. The fourth-order valence-corrected chi connectivity index (χ4v) is 2.05. The van der Waals surface area contributed by atoms with Crippen molar-refractivity contribution in [1.82, 2.24) is 4.90 Å². The molecule has 2 rings (SSSR count). The summed E-state index contributed by atoms with van der Waals surface area (Å²) in [6.07, 6.45) is 3.43. The number of ether oxygens (including phenoxy) is 1. The van der Waals surface area contributed by atoms with Gasteiger partial charge in [0.05, 0.1) is 7.11 Å². The topological polar surface area (TPSA) is 38.5 Å². The van der Waals surface area contributed by atoms with Gasteiger partial charge in [-0.05, 0) is 44.0 Å². The van der Waals surface area contributed by atoms with Crippen LogP contribution in [-0.4, -0.2) is 37.7 Å². The Balaban J connectivity index is 1.76. The van der Waals surface area contributed by atoms with Gasteiger partial charge in [0.15, 0.2) is 0 Å². The quantitative estimate of drug-likeness (QED) is 0.813. The molecule has 1 aromatic rings. The first kappa shape index (κ1) is 12.4. The molecule has 1 fully saturated rings. The summed E-state index contributed by atoms with van der Waals surface area (Å²) in [6, 6.07) is 8.28. The van der Waals surface area contributed by atoms with Crippen molar-refractivity contribution in [3.05, 3.63) is 29.8 Å². The monoisotopic (exact) mass is 234 g/mol. The second-order valence-corrected chi connectivity index (χ2v) is 5.20. The van der Waals surface area contributed by atoms with Gasteiger partial charge in [0.25, 0.3) is 0 Å². The van der Waals surface area contributed by atoms with E-state index < -0.39 is 0 Å². The average Bonchev–Trinajstić information content (AvgIpc) is 3.05. The number of likely N-dealkylation sites (N-methyl/N-ethyl adjacent to an activating group) is 1. The molecule has 1 aliphatic rings. The van der Waals surface area contributed by atoms with Crippen molar-refractivity contribution >= 4 is 0 Å². The van der Waals surface area contributed by atoms with Gasteiger partial charge >= 0.3 is 0 Å². The molecule has 0 saturated heterocycles. The van der Waals surface area contributed by atoms with E-state index in [9.17, 15) is 0 Å². The highest BCUT2D eigenvalue weighted by Gasteiger charge is 2.38. The fourth-order valence-electron chi connectivity index (χ4n) is 2.05. The molecule has 0 amide bonds. The van der Waals surface area contributed by atoms with Gasteiger partial charge in [0.1, 0.15) is 5.75 Å². The molecule has 0 radical (unpaired) electrons. The zero-order chi connectivity index (χ0) is 12.3. The highest BCUT2D eigenvalue weighted by Crippen LogP contribution is 2.32. The van der Waals surface area contributed by atoms with Gasteiger partial charge < -0.3 is 15.4 Å². The smallest absolute Gasteiger partial charge is 0.118 e. The van der Waals surface area contributed by atoms with Crippen LogP contribution in [0.1, 0.15) is 18.4 Å². The van der Waals surface area contributed by atoms with E-state index in [1.54, 1.807) is 7.11 Å². The summed E-state index contributed by atoms with van der Waals surface area (Å²) in [4.78, 5) is 2.33. The van der Waals surface area contributed by atoms with Crippen LogP contribution in [0.3, 0.4) is 0 Å². The van der Waals surface area contributed by atoms with Crippen LogP contribution in [0, 0.1) is 0 Å². The summed E-state index contributed by atoms with van der Waals surface area (Å²) in [5.74, 6) is 0.918. The molecule has 0 spiro atoms. The number of rotatable bonds is 6. The van der Waals surface area contributed by atoms with Crippen molar-refractivity contribution in [2.45, 2.75) is 24.8 Å². The molecule has 94 valence electrons. The molecule has 3 heteroatoms. The lowest BCUT2D eigenvalue weighted by Gasteiger charge is -2.20. The van der Waals surface area contributed by atoms with Crippen molar-refractivity contribution in [3.63, 3.8) is 0 Å². The van der Waals surface area contributed by atoms with Crippen LogP contribution >= 0.6 is 0 Å². The van der Waals surface area contributed by atoms with E-state index in [-0.39, 0.29) is 5.54 Å². The maximum atomic E-state index is 6.10. The van der Waals surface area contributed by atoms with Crippen molar-refractivity contribution in [1.29, 1.82) is 0 Å². The molecular weight excluding hydrogens is 212 g/mol. The molecule has 0 atom stereocenters. The number of hydrogen-bond acceptors (Lipinski definition) is 3. The third kappa shape index (κ3) is 3.72. The van der Waals surface area contributed by atoms with Crippen molar-refractivity contribution in [3.8, 4) is 5.75 Å². The van der Waals surface area contributed by atoms with Crippen LogP contribution < -0.4 is 10.5 Å². The Bertz CT molecular complexity index is 357. The first-order chi connectivity index (χ1) is 8.11. The predicted molar refractivity (Wildman–Crippen MR) is 70.3 cm³/mol.